The van der Waals surface area contributed by atoms with E-state index in [0.29, 0.717) is 6.54 Å². The highest BCUT2D eigenvalue weighted by Crippen LogP contribution is 2.22. The van der Waals surface area contributed by atoms with E-state index in [-0.39, 0.29) is 11.6 Å². The third kappa shape index (κ3) is 3.61. The molecular weight excluding hydrogens is 319 g/mol. The highest BCUT2D eigenvalue weighted by atomic mass is 79.9. The number of halogens is 2. The van der Waals surface area contributed by atoms with E-state index in [4.69, 9.17) is 0 Å². The Bertz CT molecular complexity index is 559. The lowest BCUT2D eigenvalue weighted by atomic mass is 10.3. The molecular formula is C12H10BrFN2OS. The van der Waals surface area contributed by atoms with Crippen LogP contribution in [0.2, 0.25) is 0 Å². The van der Waals surface area contributed by atoms with Gasteiger partial charge in [0.15, 0.2) is 0 Å². The van der Waals surface area contributed by atoms with Gasteiger partial charge in [0, 0.05) is 11.4 Å². The lowest BCUT2D eigenvalue weighted by molar-refractivity contribution is 0.0948. The first kappa shape index (κ1) is 13.2. The zero-order chi connectivity index (χ0) is 13.0. The summed E-state index contributed by atoms with van der Waals surface area (Å²) in [5.41, 5.74) is 0.0994. The van der Waals surface area contributed by atoms with Gasteiger partial charge in [0.1, 0.15) is 5.69 Å². The number of hydrogen-bond donors (Lipinski definition) is 1. The maximum absolute atomic E-state index is 12.8. The molecule has 0 bridgehead atoms. The zero-order valence-electron chi connectivity index (χ0n) is 9.32. The van der Waals surface area contributed by atoms with Crippen molar-refractivity contribution in [2.24, 2.45) is 0 Å². The molecule has 3 nitrogen and oxygen atoms in total. The predicted molar refractivity (Wildman–Crippen MR) is 72.3 cm³/mol. The van der Waals surface area contributed by atoms with Gasteiger partial charge in [0.05, 0.1) is 3.79 Å². The number of hydrogen-bond acceptors (Lipinski definition) is 3. The number of amides is 1. The summed E-state index contributed by atoms with van der Waals surface area (Å²) in [5.74, 6) is -1.00. The molecule has 0 unspecified atom stereocenters. The van der Waals surface area contributed by atoms with E-state index < -0.39 is 5.95 Å². The Morgan fingerprint density at radius 3 is 2.89 bits per heavy atom. The van der Waals surface area contributed by atoms with Gasteiger partial charge in [-0.1, -0.05) is 6.07 Å². The van der Waals surface area contributed by atoms with Crippen molar-refractivity contribution in [3.05, 3.63) is 50.6 Å². The van der Waals surface area contributed by atoms with E-state index in [2.05, 4.69) is 26.2 Å². The topological polar surface area (TPSA) is 42.0 Å². The van der Waals surface area contributed by atoms with Crippen molar-refractivity contribution in [1.82, 2.24) is 10.3 Å². The Morgan fingerprint density at radius 1 is 1.39 bits per heavy atom. The summed E-state index contributed by atoms with van der Waals surface area (Å²) >= 11 is 5.00. The van der Waals surface area contributed by atoms with E-state index >= 15 is 0 Å². The second-order valence-corrected chi connectivity index (χ2v) is 6.10. The maximum atomic E-state index is 12.8. The molecule has 0 aliphatic carbocycles. The fourth-order valence-corrected chi connectivity index (χ4v) is 2.89. The summed E-state index contributed by atoms with van der Waals surface area (Å²) in [4.78, 5) is 16.3. The first-order valence-corrected chi connectivity index (χ1v) is 6.91. The van der Waals surface area contributed by atoms with Crippen molar-refractivity contribution in [3.63, 3.8) is 0 Å². The summed E-state index contributed by atoms with van der Waals surface area (Å²) in [6, 6.07) is 8.13. The van der Waals surface area contributed by atoms with Crippen molar-refractivity contribution in [3.8, 4) is 0 Å². The molecule has 94 valence electrons. The van der Waals surface area contributed by atoms with Crippen molar-refractivity contribution < 1.29 is 9.18 Å². The molecule has 0 spiro atoms. The SMILES string of the molecule is O=C(NCCc1ccc(Br)s1)c1cccc(F)n1. The van der Waals surface area contributed by atoms with Gasteiger partial charge in [0.25, 0.3) is 5.91 Å². The number of nitrogens with zero attached hydrogens (tertiary/aromatic N) is 1. The fraction of sp³-hybridized carbons (Fsp3) is 0.167. The Balaban J connectivity index is 1.85. The van der Waals surface area contributed by atoms with Gasteiger partial charge < -0.3 is 5.32 Å². The highest BCUT2D eigenvalue weighted by molar-refractivity contribution is 9.11. The van der Waals surface area contributed by atoms with Crippen molar-refractivity contribution in [2.75, 3.05) is 6.54 Å². The largest absolute Gasteiger partial charge is 0.350 e. The normalized spacial score (nSPS) is 10.3. The average Bonchev–Trinajstić information content (AvgIpc) is 2.75. The van der Waals surface area contributed by atoms with Crippen LogP contribution in [-0.2, 0) is 6.42 Å². The molecule has 0 radical (unpaired) electrons. The quantitative estimate of drug-likeness (QED) is 0.876. The van der Waals surface area contributed by atoms with Gasteiger partial charge >= 0.3 is 0 Å². The summed E-state index contributed by atoms with van der Waals surface area (Å²) in [5, 5.41) is 2.71. The van der Waals surface area contributed by atoms with Gasteiger partial charge in [0.2, 0.25) is 5.95 Å². The number of aromatic nitrogens is 1. The lowest BCUT2D eigenvalue weighted by Gasteiger charge is -2.03. The summed E-state index contributed by atoms with van der Waals surface area (Å²) < 4.78 is 13.9. The van der Waals surface area contributed by atoms with Crippen LogP contribution in [-0.4, -0.2) is 17.4 Å². The summed E-state index contributed by atoms with van der Waals surface area (Å²) in [6.45, 7) is 0.504. The standard InChI is InChI=1S/C12H10BrFN2OS/c13-10-5-4-8(18-10)6-7-15-12(17)9-2-1-3-11(14)16-9/h1-5H,6-7H2,(H,15,17). The zero-order valence-corrected chi connectivity index (χ0v) is 11.7. The maximum Gasteiger partial charge on any atom is 0.270 e. The number of nitrogens with one attached hydrogen (secondary N) is 1. The predicted octanol–water partition coefficient (Wildman–Crippen LogP) is 3.02. The molecule has 0 aromatic carbocycles. The molecule has 6 heteroatoms. The minimum absolute atomic E-state index is 0.0994. The molecule has 0 aliphatic rings. The van der Waals surface area contributed by atoms with E-state index in [1.807, 2.05) is 12.1 Å². The molecule has 0 atom stereocenters. The molecule has 0 fully saturated rings. The molecule has 0 aliphatic heterocycles. The van der Waals surface area contributed by atoms with Crippen LogP contribution >= 0.6 is 27.3 Å². The summed E-state index contributed by atoms with van der Waals surface area (Å²) in [6.07, 6.45) is 0.747. The number of carbonyl (C=O) groups excluding carboxylic acids is 1. The van der Waals surface area contributed by atoms with Crippen molar-refractivity contribution in [1.29, 1.82) is 0 Å². The van der Waals surface area contributed by atoms with Crippen LogP contribution in [0.15, 0.2) is 34.1 Å². The molecule has 2 aromatic rings. The first-order chi connectivity index (χ1) is 8.65. The second-order valence-electron chi connectivity index (χ2n) is 3.56. The molecule has 0 saturated carbocycles. The van der Waals surface area contributed by atoms with Gasteiger partial charge in [-0.3, -0.25) is 4.79 Å². The van der Waals surface area contributed by atoms with E-state index in [0.717, 1.165) is 10.2 Å². The lowest BCUT2D eigenvalue weighted by Crippen LogP contribution is -2.26. The minimum Gasteiger partial charge on any atom is -0.350 e. The van der Waals surface area contributed by atoms with Crippen molar-refractivity contribution >= 4 is 33.2 Å². The Kier molecular flexibility index (Phi) is 4.43. The Labute approximate surface area is 116 Å². The Hall–Kier alpha value is -1.27. The number of thiophene rings is 1. The van der Waals surface area contributed by atoms with Gasteiger partial charge in [-0.2, -0.15) is 4.39 Å². The van der Waals surface area contributed by atoms with Crippen LogP contribution in [0, 0.1) is 5.95 Å². The number of rotatable bonds is 4. The molecule has 0 saturated heterocycles. The number of pyridine rings is 1. The summed E-state index contributed by atoms with van der Waals surface area (Å²) in [7, 11) is 0. The van der Waals surface area contributed by atoms with Gasteiger partial charge in [-0.15, -0.1) is 11.3 Å². The molecule has 2 heterocycles. The molecule has 18 heavy (non-hydrogen) atoms. The highest BCUT2D eigenvalue weighted by Gasteiger charge is 2.07. The fourth-order valence-electron chi connectivity index (χ4n) is 1.41. The van der Waals surface area contributed by atoms with Gasteiger partial charge in [-0.25, -0.2) is 4.98 Å². The van der Waals surface area contributed by atoms with Gasteiger partial charge in [-0.05, 0) is 46.6 Å². The minimum atomic E-state index is -0.648. The molecule has 2 rings (SSSR count). The van der Waals surface area contributed by atoms with Crippen LogP contribution in [0.3, 0.4) is 0 Å². The van der Waals surface area contributed by atoms with E-state index in [1.54, 1.807) is 11.3 Å². The molecule has 1 amide bonds. The van der Waals surface area contributed by atoms with Crippen LogP contribution < -0.4 is 5.32 Å². The Morgan fingerprint density at radius 2 is 2.22 bits per heavy atom. The molecule has 2 aromatic heterocycles. The van der Waals surface area contributed by atoms with Crippen molar-refractivity contribution in [2.45, 2.75) is 6.42 Å². The van der Waals surface area contributed by atoms with E-state index in [1.165, 1.54) is 23.1 Å². The second kappa shape index (κ2) is 6.06. The van der Waals surface area contributed by atoms with Crippen LogP contribution in [0.5, 0.6) is 0 Å². The van der Waals surface area contributed by atoms with E-state index in [9.17, 15) is 9.18 Å². The molecule has 1 N–H and O–H groups in total. The van der Waals surface area contributed by atoms with Crippen LogP contribution in [0.1, 0.15) is 15.4 Å². The third-order valence-corrected chi connectivity index (χ3v) is 3.92. The van der Waals surface area contributed by atoms with Crippen LogP contribution in [0.25, 0.3) is 0 Å². The van der Waals surface area contributed by atoms with Crippen LogP contribution in [0.4, 0.5) is 4.39 Å². The number of carbonyl (C=O) groups is 1. The third-order valence-electron chi connectivity index (χ3n) is 2.23. The monoisotopic (exact) mass is 328 g/mol. The average molecular weight is 329 g/mol. The smallest absolute Gasteiger partial charge is 0.270 e. The first-order valence-electron chi connectivity index (χ1n) is 5.30.